The molecule has 2 spiro atoms. The predicted octanol–water partition coefficient (Wildman–Crippen LogP) is 7.46. The molecule has 4 fully saturated rings. The number of carbonyl (C=O) groups is 2. The molecule has 6 aliphatic rings. The van der Waals surface area contributed by atoms with Gasteiger partial charge in [0.05, 0.1) is 35.0 Å². The van der Waals surface area contributed by atoms with Crippen molar-refractivity contribution in [3.05, 3.63) is 72.6 Å². The third-order valence-corrected chi connectivity index (χ3v) is 15.8. The van der Waals surface area contributed by atoms with E-state index in [4.69, 9.17) is 9.97 Å². The Kier molecular flexibility index (Phi) is 12.0. The van der Waals surface area contributed by atoms with Crippen LogP contribution in [0.5, 0.6) is 0 Å². The van der Waals surface area contributed by atoms with Crippen LogP contribution in [0.4, 0.5) is 34.9 Å². The van der Waals surface area contributed by atoms with Crippen LogP contribution in [0.15, 0.2) is 61.2 Å². The Morgan fingerprint density at radius 2 is 1.10 bits per heavy atom. The minimum Gasteiger partial charge on any atom is -0.368 e. The Hall–Kier alpha value is -6.20. The van der Waals surface area contributed by atoms with Gasteiger partial charge < -0.3 is 39.8 Å². The third-order valence-electron chi connectivity index (χ3n) is 15.8. The van der Waals surface area contributed by atoms with Gasteiger partial charge in [0.1, 0.15) is 28.6 Å². The summed E-state index contributed by atoms with van der Waals surface area (Å²) in [5.74, 6) is 2.65. The molecule has 4 aliphatic heterocycles. The fourth-order valence-corrected chi connectivity index (χ4v) is 11.8. The maximum atomic E-state index is 12.7. The molecule has 0 radical (unpaired) electrons. The first kappa shape index (κ1) is 44.3. The van der Waals surface area contributed by atoms with Crippen LogP contribution < -0.4 is 25.8 Å². The third kappa shape index (κ3) is 8.52. The van der Waals surface area contributed by atoms with E-state index in [-0.39, 0.29) is 22.8 Å². The summed E-state index contributed by atoms with van der Waals surface area (Å²) in [5.41, 5.74) is 5.41. The molecule has 0 unspecified atom stereocenters. The Bertz CT molecular complexity index is 2770. The summed E-state index contributed by atoms with van der Waals surface area (Å²) in [6.07, 6.45) is 20.7. The number of aromatic nitrogens is 8. The number of rotatable bonds is 7. The summed E-state index contributed by atoms with van der Waals surface area (Å²) < 4.78 is 4.45. The lowest BCUT2D eigenvalue weighted by molar-refractivity contribution is 0.0832. The number of nitrogens with zero attached hydrogens (tertiary/aromatic N) is 12. The summed E-state index contributed by atoms with van der Waals surface area (Å²) in [4.78, 5) is 63.0. The van der Waals surface area contributed by atoms with Crippen molar-refractivity contribution in [3.8, 4) is 0 Å². The standard InChI is InChI=1S/C26H34N8O.C25H31N7O/c1-18(2)32-10-12-33(13-11-32)20-6-7-22(27-16-20)30-25-28-15-19-14-21-24(35)29-17-26(8-4-3-5-9-26)34(21)23(19)31-25;1-30-11-13-31(14-12-30)19-5-6-22(26-17-19)28-24-27-16-18-15-20-21(33)7-10-25(8-3-2-4-9-25)32(20)23(18)29-24/h6-7,14-16,18H,3-5,8-13,17H2,1-2H3,(H,29,35)(H,27,28,30,31);5-6,15-17H,2-4,7-14H2,1H3,(H,26,27,28,29). The maximum Gasteiger partial charge on any atom is 0.268 e. The van der Waals surface area contributed by atoms with Crippen LogP contribution in [0, 0.1) is 0 Å². The fraction of sp³-hybridized carbons (Fsp3) is 0.529. The van der Waals surface area contributed by atoms with Gasteiger partial charge in [0.25, 0.3) is 5.91 Å². The second-order valence-electron chi connectivity index (χ2n) is 20.3. The largest absolute Gasteiger partial charge is 0.368 e. The summed E-state index contributed by atoms with van der Waals surface area (Å²) >= 11 is 0. The second-order valence-corrected chi connectivity index (χ2v) is 20.3. The van der Waals surface area contributed by atoms with Gasteiger partial charge in [-0.25, -0.2) is 19.9 Å². The normalized spacial score (nSPS) is 20.6. The lowest BCUT2D eigenvalue weighted by Crippen LogP contribution is -2.52. The van der Waals surface area contributed by atoms with Crippen molar-refractivity contribution in [2.75, 3.05) is 86.4 Å². The number of ketones is 1. The molecular weight excluding hydrogens is 855 g/mol. The Labute approximate surface area is 398 Å². The van der Waals surface area contributed by atoms with Gasteiger partial charge in [-0.05, 0) is 89.4 Å². The number of carbonyl (C=O) groups excluding carboxylic acids is 2. The van der Waals surface area contributed by atoms with Gasteiger partial charge in [0.2, 0.25) is 11.9 Å². The van der Waals surface area contributed by atoms with Gasteiger partial charge >= 0.3 is 0 Å². The number of piperazine rings is 2. The van der Waals surface area contributed by atoms with E-state index in [1.807, 2.05) is 49.1 Å². The summed E-state index contributed by atoms with van der Waals surface area (Å²) in [7, 11) is 2.16. The van der Waals surface area contributed by atoms with Gasteiger partial charge in [-0.1, -0.05) is 38.5 Å². The molecule has 10 heterocycles. The zero-order valence-corrected chi connectivity index (χ0v) is 39.9. The number of pyridine rings is 2. The molecule has 356 valence electrons. The van der Waals surface area contributed by atoms with Crippen molar-refractivity contribution in [2.45, 2.75) is 108 Å². The number of anilines is 6. The van der Waals surface area contributed by atoms with Gasteiger partial charge in [-0.3, -0.25) is 14.5 Å². The maximum absolute atomic E-state index is 12.7. The van der Waals surface area contributed by atoms with Crippen molar-refractivity contribution in [1.82, 2.24) is 54.2 Å². The highest BCUT2D eigenvalue weighted by molar-refractivity contribution is 6.01. The van der Waals surface area contributed by atoms with E-state index in [1.165, 1.54) is 38.5 Å². The van der Waals surface area contributed by atoms with E-state index in [9.17, 15) is 9.59 Å². The van der Waals surface area contributed by atoms with Crippen LogP contribution in [0.2, 0.25) is 0 Å². The highest BCUT2D eigenvalue weighted by Crippen LogP contribution is 2.45. The van der Waals surface area contributed by atoms with Crippen molar-refractivity contribution in [1.29, 1.82) is 0 Å². The van der Waals surface area contributed by atoms with Gasteiger partial charge in [0, 0.05) is 100 Å². The van der Waals surface area contributed by atoms with Gasteiger partial charge in [0.15, 0.2) is 5.78 Å². The highest BCUT2D eigenvalue weighted by atomic mass is 16.2. The minimum absolute atomic E-state index is 0.0251. The molecule has 17 heteroatoms. The van der Waals surface area contributed by atoms with E-state index in [2.05, 4.69) is 97.6 Å². The van der Waals surface area contributed by atoms with E-state index >= 15 is 0 Å². The number of amides is 1. The highest BCUT2D eigenvalue weighted by Gasteiger charge is 2.43. The quantitative estimate of drug-likeness (QED) is 0.144. The first-order valence-electron chi connectivity index (χ1n) is 25.1. The van der Waals surface area contributed by atoms with E-state index in [0.717, 1.165) is 129 Å². The average molecular weight is 920 g/mol. The zero-order valence-electron chi connectivity index (χ0n) is 39.9. The summed E-state index contributed by atoms with van der Waals surface area (Å²) in [6.45, 7) is 13.5. The molecule has 2 saturated heterocycles. The van der Waals surface area contributed by atoms with Crippen LogP contribution in [0.25, 0.3) is 22.1 Å². The SMILES string of the molecule is CC(C)N1CCN(c2ccc(Nc3ncc4cc5n(c4n3)C3(CCCCC3)CNC5=O)nc2)CC1.CN1CCN(c2ccc(Nc3ncc4cc5n(c4n3)C3(CCCCC3)CCC5=O)nc2)CC1. The molecule has 68 heavy (non-hydrogen) atoms. The lowest BCUT2D eigenvalue weighted by Gasteiger charge is -2.42. The van der Waals surface area contributed by atoms with Crippen molar-refractivity contribution in [2.24, 2.45) is 0 Å². The number of hydrogen-bond acceptors (Lipinski definition) is 14. The second kappa shape index (κ2) is 18.4. The predicted molar refractivity (Wildman–Crippen MR) is 267 cm³/mol. The first-order valence-corrected chi connectivity index (χ1v) is 25.1. The molecule has 3 N–H and O–H groups in total. The molecule has 1 amide bonds. The molecule has 12 rings (SSSR count). The van der Waals surface area contributed by atoms with Crippen molar-refractivity contribution >= 4 is 68.7 Å². The number of likely N-dealkylation sites (N-methyl/N-ethyl adjacent to an activating group) is 1. The van der Waals surface area contributed by atoms with Crippen LogP contribution in [-0.4, -0.2) is 133 Å². The molecule has 0 atom stereocenters. The Morgan fingerprint density at radius 1 is 0.588 bits per heavy atom. The molecule has 2 aliphatic carbocycles. The van der Waals surface area contributed by atoms with Crippen molar-refractivity contribution < 1.29 is 9.59 Å². The average Bonchev–Trinajstić information content (AvgIpc) is 3.97. The molecule has 6 aromatic rings. The molecule has 0 aromatic carbocycles. The summed E-state index contributed by atoms with van der Waals surface area (Å²) in [6, 6.07) is 12.7. The minimum atomic E-state index is -0.0889. The fourth-order valence-electron chi connectivity index (χ4n) is 11.8. The molecule has 0 bridgehead atoms. The molecule has 17 nitrogen and oxygen atoms in total. The number of hydrogen-bond donors (Lipinski definition) is 3. The number of Topliss-reactive ketones (excluding diaryl/α,β-unsaturated/α-hetero) is 1. The van der Waals surface area contributed by atoms with Crippen LogP contribution in [-0.2, 0) is 11.1 Å². The van der Waals surface area contributed by atoms with Crippen molar-refractivity contribution in [3.63, 3.8) is 0 Å². The first-order chi connectivity index (χ1) is 33.1. The molecular formula is C51H65N15O2. The van der Waals surface area contributed by atoms with Gasteiger partial charge in [-0.15, -0.1) is 0 Å². The Balaban J connectivity index is 0.000000149. The van der Waals surface area contributed by atoms with Crippen LogP contribution in [0.3, 0.4) is 0 Å². The lowest BCUT2D eigenvalue weighted by atomic mass is 9.75. The van der Waals surface area contributed by atoms with Gasteiger partial charge in [-0.2, -0.15) is 9.97 Å². The summed E-state index contributed by atoms with van der Waals surface area (Å²) in [5, 5.41) is 11.5. The zero-order chi connectivity index (χ0) is 46.4. The monoisotopic (exact) mass is 920 g/mol. The molecule has 2 saturated carbocycles. The van der Waals surface area contributed by atoms with E-state index in [0.29, 0.717) is 42.4 Å². The van der Waals surface area contributed by atoms with E-state index in [1.54, 1.807) is 0 Å². The topological polar surface area (TPSA) is 170 Å². The van der Waals surface area contributed by atoms with E-state index < -0.39 is 0 Å². The molecule has 6 aromatic heterocycles. The van der Waals surface area contributed by atoms with Crippen LogP contribution >= 0.6 is 0 Å². The number of fused-ring (bicyclic) bond motifs is 8. The smallest absolute Gasteiger partial charge is 0.268 e. The van der Waals surface area contributed by atoms with Crippen LogP contribution in [0.1, 0.15) is 112 Å². The number of nitrogens with one attached hydrogen (secondary N) is 3. The Morgan fingerprint density at radius 3 is 1.63 bits per heavy atom.